The van der Waals surface area contributed by atoms with E-state index in [2.05, 4.69) is 0 Å². The molecule has 4 aromatic carbocycles. The van der Waals surface area contributed by atoms with E-state index in [0.29, 0.717) is 41.7 Å². The first-order valence-corrected chi connectivity index (χ1v) is 12.8. The summed E-state index contributed by atoms with van der Waals surface area (Å²) < 4.78 is 11.4. The van der Waals surface area contributed by atoms with Crippen molar-refractivity contribution in [3.05, 3.63) is 102 Å². The highest BCUT2D eigenvalue weighted by molar-refractivity contribution is 6.46. The maximum atomic E-state index is 13.9. The first-order valence-electron chi connectivity index (χ1n) is 12.8. The number of rotatable bonds is 7. The van der Waals surface area contributed by atoms with E-state index in [9.17, 15) is 14.4 Å². The van der Waals surface area contributed by atoms with Crippen LogP contribution in [0.1, 0.15) is 25.0 Å². The number of ether oxygens (including phenoxy) is 2. The number of anilines is 2. The smallest absolute Gasteiger partial charge is 0.343 e. The van der Waals surface area contributed by atoms with Gasteiger partial charge in [-0.2, -0.15) is 0 Å². The van der Waals surface area contributed by atoms with Gasteiger partial charge in [-0.05, 0) is 68.1 Å². The lowest BCUT2D eigenvalue weighted by atomic mass is 10.0. The Hall–Kier alpha value is -4.91. The zero-order valence-electron chi connectivity index (χ0n) is 22.0. The summed E-state index contributed by atoms with van der Waals surface area (Å²) in [7, 11) is 0. The van der Waals surface area contributed by atoms with Crippen molar-refractivity contribution < 1.29 is 23.9 Å². The molecule has 0 unspecified atom stereocenters. The van der Waals surface area contributed by atoms with Crippen LogP contribution in [0.4, 0.5) is 16.2 Å². The topological polar surface area (TPSA) is 76.2 Å². The van der Waals surface area contributed by atoms with Crippen LogP contribution < -0.4 is 19.3 Å². The summed E-state index contributed by atoms with van der Waals surface area (Å²) in [5.74, 6) is -0.327. The number of imide groups is 2. The number of amides is 4. The zero-order chi connectivity index (χ0) is 27.5. The van der Waals surface area contributed by atoms with Gasteiger partial charge in [-0.15, -0.1) is 0 Å². The third kappa shape index (κ3) is 4.86. The molecule has 7 heteroatoms. The number of carbonyl (C=O) groups is 3. The Morgan fingerprint density at radius 2 is 1.38 bits per heavy atom. The Bertz CT molecular complexity index is 1600. The molecule has 1 saturated heterocycles. The van der Waals surface area contributed by atoms with Crippen molar-refractivity contribution in [2.24, 2.45) is 0 Å². The first kappa shape index (κ1) is 25.7. The number of aryl methyl sites for hydroxylation is 1. The zero-order valence-corrected chi connectivity index (χ0v) is 22.0. The normalized spacial score (nSPS) is 14.8. The van der Waals surface area contributed by atoms with Crippen LogP contribution in [0, 0.1) is 6.92 Å². The monoisotopic (exact) mass is 520 g/mol. The molecule has 0 atom stereocenters. The number of benzene rings is 4. The maximum Gasteiger partial charge on any atom is 0.343 e. The average Bonchev–Trinajstić information content (AvgIpc) is 2.94. The fraction of sp³-hybridized carbons (Fsp3) is 0.156. The molecule has 4 aromatic rings. The Kier molecular flexibility index (Phi) is 7.14. The molecule has 5 rings (SSSR count). The molecule has 4 amide bonds. The van der Waals surface area contributed by atoms with Gasteiger partial charge >= 0.3 is 6.03 Å². The van der Waals surface area contributed by atoms with E-state index in [4.69, 9.17) is 9.47 Å². The molecule has 0 radical (unpaired) electrons. The van der Waals surface area contributed by atoms with Crippen LogP contribution in [-0.4, -0.2) is 31.1 Å². The summed E-state index contributed by atoms with van der Waals surface area (Å²) in [5, 5.41) is 1.59. The number of barbiturate groups is 1. The minimum atomic E-state index is -0.732. The molecule has 0 aliphatic carbocycles. The Balaban J connectivity index is 1.68. The summed E-state index contributed by atoms with van der Waals surface area (Å²) in [4.78, 5) is 43.7. The van der Waals surface area contributed by atoms with Gasteiger partial charge in [-0.25, -0.2) is 14.6 Å². The van der Waals surface area contributed by atoms with E-state index in [1.807, 2.05) is 63.2 Å². The number of hydrogen-bond donors (Lipinski definition) is 0. The molecule has 1 aliphatic rings. The molecule has 7 nitrogen and oxygen atoms in total. The fourth-order valence-corrected chi connectivity index (χ4v) is 4.59. The highest BCUT2D eigenvalue weighted by atomic mass is 16.5. The largest absolute Gasteiger partial charge is 0.490 e. The summed E-state index contributed by atoms with van der Waals surface area (Å²) >= 11 is 0. The lowest BCUT2D eigenvalue weighted by Gasteiger charge is -2.34. The van der Waals surface area contributed by atoms with Gasteiger partial charge in [0, 0.05) is 5.39 Å². The first-order chi connectivity index (χ1) is 18.9. The Labute approximate surface area is 226 Å². The van der Waals surface area contributed by atoms with E-state index in [1.54, 1.807) is 42.5 Å². The van der Waals surface area contributed by atoms with Crippen molar-refractivity contribution in [1.82, 2.24) is 0 Å². The number of fused-ring (bicyclic) bond motifs is 1. The number of nitrogens with zero attached hydrogens (tertiary/aromatic N) is 2. The van der Waals surface area contributed by atoms with Crippen LogP contribution in [0.25, 0.3) is 16.8 Å². The lowest BCUT2D eigenvalue weighted by Crippen LogP contribution is -2.57. The third-order valence-corrected chi connectivity index (χ3v) is 6.43. The third-order valence-electron chi connectivity index (χ3n) is 6.43. The molecule has 0 spiro atoms. The molecule has 0 saturated carbocycles. The SMILES string of the molecule is CCOc1ccc(/C=C2\C(=O)N(c3ccc(C)cc3)C(=O)N(c3cccc4ccccc34)C2=O)cc1OCC. The van der Waals surface area contributed by atoms with Crippen LogP contribution in [0.3, 0.4) is 0 Å². The molecule has 1 heterocycles. The minimum absolute atomic E-state index is 0.144. The fourth-order valence-electron chi connectivity index (χ4n) is 4.59. The lowest BCUT2D eigenvalue weighted by molar-refractivity contribution is -0.121. The average molecular weight is 521 g/mol. The molecule has 39 heavy (non-hydrogen) atoms. The van der Waals surface area contributed by atoms with Gasteiger partial charge in [0.05, 0.1) is 24.6 Å². The highest BCUT2D eigenvalue weighted by Crippen LogP contribution is 2.35. The Morgan fingerprint density at radius 1 is 0.718 bits per heavy atom. The van der Waals surface area contributed by atoms with Crippen molar-refractivity contribution >= 4 is 46.1 Å². The number of urea groups is 1. The molecular formula is C32H28N2O5. The van der Waals surface area contributed by atoms with Crippen molar-refractivity contribution in [3.63, 3.8) is 0 Å². The predicted octanol–water partition coefficient (Wildman–Crippen LogP) is 6.53. The van der Waals surface area contributed by atoms with E-state index in [-0.39, 0.29) is 5.57 Å². The van der Waals surface area contributed by atoms with Crippen molar-refractivity contribution in [2.75, 3.05) is 23.0 Å². The van der Waals surface area contributed by atoms with Gasteiger partial charge in [0.15, 0.2) is 11.5 Å². The van der Waals surface area contributed by atoms with Gasteiger partial charge in [0.25, 0.3) is 11.8 Å². The molecule has 0 N–H and O–H groups in total. The van der Waals surface area contributed by atoms with Crippen LogP contribution in [-0.2, 0) is 9.59 Å². The predicted molar refractivity (Wildman–Crippen MR) is 152 cm³/mol. The molecule has 1 aliphatic heterocycles. The van der Waals surface area contributed by atoms with E-state index in [1.165, 1.54) is 6.08 Å². The maximum absolute atomic E-state index is 13.9. The highest BCUT2D eigenvalue weighted by Gasteiger charge is 2.44. The molecule has 0 bridgehead atoms. The van der Waals surface area contributed by atoms with E-state index >= 15 is 0 Å². The summed E-state index contributed by atoms with van der Waals surface area (Å²) in [5.41, 5.74) is 2.18. The standard InChI is InChI=1S/C32H28N2O5/c1-4-38-28-18-15-22(20-29(28)39-5-2)19-26-30(35)33(24-16-13-21(3)14-17-24)32(37)34(31(26)36)27-12-8-10-23-9-6-7-11-25(23)27/h6-20H,4-5H2,1-3H3/b26-19+. The second-order valence-corrected chi connectivity index (χ2v) is 9.03. The van der Waals surface area contributed by atoms with Crippen LogP contribution in [0.5, 0.6) is 11.5 Å². The number of carbonyl (C=O) groups excluding carboxylic acids is 3. The van der Waals surface area contributed by atoms with Crippen LogP contribution in [0.15, 0.2) is 90.5 Å². The molecular weight excluding hydrogens is 492 g/mol. The second kappa shape index (κ2) is 10.8. The molecule has 0 aromatic heterocycles. The molecule has 1 fully saturated rings. The van der Waals surface area contributed by atoms with Crippen LogP contribution >= 0.6 is 0 Å². The Morgan fingerprint density at radius 3 is 2.13 bits per heavy atom. The van der Waals surface area contributed by atoms with E-state index in [0.717, 1.165) is 26.1 Å². The van der Waals surface area contributed by atoms with Gasteiger partial charge in [0.1, 0.15) is 5.57 Å². The quantitative estimate of drug-likeness (QED) is 0.205. The van der Waals surface area contributed by atoms with Crippen molar-refractivity contribution in [1.29, 1.82) is 0 Å². The number of hydrogen-bond acceptors (Lipinski definition) is 5. The van der Waals surface area contributed by atoms with Crippen molar-refractivity contribution in [3.8, 4) is 11.5 Å². The van der Waals surface area contributed by atoms with Gasteiger partial charge < -0.3 is 9.47 Å². The summed E-state index contributed by atoms with van der Waals surface area (Å²) in [6, 6.07) is 24.4. The van der Waals surface area contributed by atoms with E-state index < -0.39 is 17.8 Å². The van der Waals surface area contributed by atoms with Crippen LogP contribution in [0.2, 0.25) is 0 Å². The minimum Gasteiger partial charge on any atom is -0.490 e. The van der Waals surface area contributed by atoms with Gasteiger partial charge in [-0.3, -0.25) is 9.59 Å². The molecule has 196 valence electrons. The van der Waals surface area contributed by atoms with Gasteiger partial charge in [0.2, 0.25) is 0 Å². The summed E-state index contributed by atoms with van der Waals surface area (Å²) in [6.07, 6.45) is 1.49. The van der Waals surface area contributed by atoms with Crippen molar-refractivity contribution in [2.45, 2.75) is 20.8 Å². The second-order valence-electron chi connectivity index (χ2n) is 9.03. The summed E-state index contributed by atoms with van der Waals surface area (Å²) in [6.45, 7) is 6.54. The van der Waals surface area contributed by atoms with Gasteiger partial charge in [-0.1, -0.05) is 60.2 Å².